The van der Waals surface area contributed by atoms with Crippen LogP contribution in [0.2, 0.25) is 0 Å². The van der Waals surface area contributed by atoms with Gasteiger partial charge in [-0.1, -0.05) is 38.2 Å². The number of piperidine rings is 2. The van der Waals surface area contributed by atoms with E-state index in [1.165, 1.54) is 51.4 Å². The molecule has 0 aromatic rings. The largest absolute Gasteiger partial charge is 0.390 e. The van der Waals surface area contributed by atoms with Crippen LogP contribution in [0.5, 0.6) is 0 Å². The van der Waals surface area contributed by atoms with Crippen LogP contribution < -0.4 is 0 Å². The van der Waals surface area contributed by atoms with Crippen molar-refractivity contribution in [3.05, 3.63) is 12.7 Å². The Morgan fingerprint density at radius 3 is 2.35 bits per heavy atom. The molecule has 20 heavy (non-hydrogen) atoms. The normalized spacial score (nSPS) is 34.1. The Morgan fingerprint density at radius 2 is 1.70 bits per heavy atom. The van der Waals surface area contributed by atoms with Crippen molar-refractivity contribution in [1.29, 1.82) is 0 Å². The van der Waals surface area contributed by atoms with E-state index in [1.54, 1.807) is 0 Å². The Hall–Kier alpha value is -0.340. The molecule has 0 radical (unpaired) electrons. The predicted octanol–water partition coefficient (Wildman–Crippen LogP) is 4.28. The van der Waals surface area contributed by atoms with Crippen molar-refractivity contribution in [3.8, 4) is 0 Å². The first-order valence-corrected chi connectivity index (χ1v) is 8.70. The zero-order chi connectivity index (χ0) is 14.4. The smallest absolute Gasteiger partial charge is 0.0677 e. The molecule has 2 saturated heterocycles. The molecule has 2 heteroatoms. The molecule has 116 valence electrons. The van der Waals surface area contributed by atoms with E-state index in [9.17, 15) is 5.11 Å². The van der Waals surface area contributed by atoms with Gasteiger partial charge in [0, 0.05) is 12.1 Å². The molecule has 2 unspecified atom stereocenters. The molecule has 0 aliphatic carbocycles. The monoisotopic (exact) mass is 279 g/mol. The minimum absolute atomic E-state index is 0.358. The van der Waals surface area contributed by atoms with Crippen LogP contribution in [-0.4, -0.2) is 34.7 Å². The quantitative estimate of drug-likeness (QED) is 0.529. The molecule has 0 spiro atoms. The summed E-state index contributed by atoms with van der Waals surface area (Å²) in [4.78, 5) is 2.53. The third-order valence-electron chi connectivity index (χ3n) is 5.51. The van der Waals surface area contributed by atoms with Crippen LogP contribution in [0.25, 0.3) is 0 Å². The van der Waals surface area contributed by atoms with Gasteiger partial charge in [0.05, 0.1) is 5.60 Å². The average Bonchev–Trinajstić information content (AvgIpc) is 2.40. The zero-order valence-electron chi connectivity index (χ0n) is 13.3. The van der Waals surface area contributed by atoms with Crippen LogP contribution in [-0.2, 0) is 0 Å². The standard InChI is InChI=1S/C18H33NO/c1-3-4-5-6-7-8-9-13-18(20)14-16-11-10-12-17(15-18)19(16)2/h3,16-17,20H,1,4-15H2,2H3. The molecule has 2 fully saturated rings. The van der Waals surface area contributed by atoms with Gasteiger partial charge in [-0.3, -0.25) is 0 Å². The van der Waals surface area contributed by atoms with Gasteiger partial charge in [-0.05, 0) is 52.0 Å². The molecule has 1 N–H and O–H groups in total. The minimum atomic E-state index is -0.358. The molecule has 0 saturated carbocycles. The predicted molar refractivity (Wildman–Crippen MR) is 85.9 cm³/mol. The van der Waals surface area contributed by atoms with Crippen molar-refractivity contribution in [2.45, 2.75) is 94.7 Å². The highest BCUT2D eigenvalue weighted by atomic mass is 16.3. The SMILES string of the molecule is C=CCCCCCCCC1(O)CC2CCCC(C1)N2C. The summed E-state index contributed by atoms with van der Waals surface area (Å²) in [7, 11) is 2.26. The fourth-order valence-corrected chi connectivity index (χ4v) is 4.22. The Morgan fingerprint density at radius 1 is 1.10 bits per heavy atom. The van der Waals surface area contributed by atoms with E-state index in [4.69, 9.17) is 0 Å². The molecular weight excluding hydrogens is 246 g/mol. The van der Waals surface area contributed by atoms with Gasteiger partial charge in [0.2, 0.25) is 0 Å². The van der Waals surface area contributed by atoms with Crippen LogP contribution >= 0.6 is 0 Å². The molecule has 2 nitrogen and oxygen atoms in total. The minimum Gasteiger partial charge on any atom is -0.390 e. The first-order chi connectivity index (χ1) is 9.64. The summed E-state index contributed by atoms with van der Waals surface area (Å²) in [5, 5.41) is 10.9. The molecule has 2 atom stereocenters. The van der Waals surface area contributed by atoms with Crippen molar-refractivity contribution in [2.75, 3.05) is 7.05 Å². The summed E-state index contributed by atoms with van der Waals surface area (Å²) in [6.07, 6.45) is 16.5. The van der Waals surface area contributed by atoms with Gasteiger partial charge >= 0.3 is 0 Å². The van der Waals surface area contributed by atoms with Crippen molar-refractivity contribution in [3.63, 3.8) is 0 Å². The molecule has 2 aliphatic heterocycles. The van der Waals surface area contributed by atoms with E-state index in [0.29, 0.717) is 12.1 Å². The average molecular weight is 279 g/mol. The second-order valence-electron chi connectivity index (χ2n) is 7.13. The van der Waals surface area contributed by atoms with Crippen LogP contribution in [0.4, 0.5) is 0 Å². The number of fused-ring (bicyclic) bond motifs is 2. The highest BCUT2D eigenvalue weighted by Crippen LogP contribution is 2.40. The molecular formula is C18H33NO. The number of unbranched alkanes of at least 4 members (excludes halogenated alkanes) is 5. The number of hydrogen-bond acceptors (Lipinski definition) is 2. The second-order valence-corrected chi connectivity index (χ2v) is 7.13. The van der Waals surface area contributed by atoms with Crippen LogP contribution in [0.15, 0.2) is 12.7 Å². The van der Waals surface area contributed by atoms with Gasteiger partial charge in [-0.15, -0.1) is 6.58 Å². The van der Waals surface area contributed by atoms with Crippen molar-refractivity contribution in [1.82, 2.24) is 4.90 Å². The van der Waals surface area contributed by atoms with Crippen LogP contribution in [0.3, 0.4) is 0 Å². The summed E-state index contributed by atoms with van der Waals surface area (Å²) < 4.78 is 0. The molecule has 2 heterocycles. The number of allylic oxidation sites excluding steroid dienone is 1. The van der Waals surface area contributed by atoms with E-state index in [2.05, 4.69) is 18.5 Å². The molecule has 0 amide bonds. The second kappa shape index (κ2) is 7.61. The molecule has 0 aromatic carbocycles. The lowest BCUT2D eigenvalue weighted by molar-refractivity contribution is -0.0878. The number of nitrogens with zero attached hydrogens (tertiary/aromatic N) is 1. The lowest BCUT2D eigenvalue weighted by Crippen LogP contribution is -2.56. The van der Waals surface area contributed by atoms with Crippen molar-refractivity contribution < 1.29 is 5.11 Å². The Bertz CT molecular complexity index is 288. The molecule has 0 aromatic heterocycles. The van der Waals surface area contributed by atoms with E-state index in [0.717, 1.165) is 25.7 Å². The fourth-order valence-electron chi connectivity index (χ4n) is 4.22. The number of rotatable bonds is 8. The van der Waals surface area contributed by atoms with E-state index in [1.807, 2.05) is 6.08 Å². The van der Waals surface area contributed by atoms with Crippen molar-refractivity contribution in [2.24, 2.45) is 0 Å². The summed E-state index contributed by atoms with van der Waals surface area (Å²) in [6, 6.07) is 1.28. The first-order valence-electron chi connectivity index (χ1n) is 8.70. The first kappa shape index (κ1) is 16.0. The molecule has 2 aliphatic rings. The van der Waals surface area contributed by atoms with E-state index < -0.39 is 0 Å². The van der Waals surface area contributed by atoms with Gasteiger partial charge < -0.3 is 10.0 Å². The van der Waals surface area contributed by atoms with Gasteiger partial charge in [0.1, 0.15) is 0 Å². The number of aliphatic hydroxyl groups is 1. The van der Waals surface area contributed by atoms with Crippen LogP contribution in [0.1, 0.15) is 77.0 Å². The third-order valence-corrected chi connectivity index (χ3v) is 5.51. The summed E-state index contributed by atoms with van der Waals surface area (Å²) >= 11 is 0. The maximum Gasteiger partial charge on any atom is 0.0677 e. The molecule has 2 bridgehead atoms. The zero-order valence-corrected chi connectivity index (χ0v) is 13.3. The van der Waals surface area contributed by atoms with Gasteiger partial charge in [0.15, 0.2) is 0 Å². The Labute approximate surface area is 125 Å². The van der Waals surface area contributed by atoms with E-state index in [-0.39, 0.29) is 5.60 Å². The maximum atomic E-state index is 10.9. The summed E-state index contributed by atoms with van der Waals surface area (Å²) in [5.74, 6) is 0. The highest BCUT2D eigenvalue weighted by molar-refractivity contribution is 4.98. The highest BCUT2D eigenvalue weighted by Gasteiger charge is 2.43. The summed E-state index contributed by atoms with van der Waals surface area (Å²) in [6.45, 7) is 3.76. The van der Waals surface area contributed by atoms with Crippen molar-refractivity contribution >= 4 is 0 Å². The topological polar surface area (TPSA) is 23.5 Å². The maximum absolute atomic E-state index is 10.9. The Kier molecular flexibility index (Phi) is 6.10. The fraction of sp³-hybridized carbons (Fsp3) is 0.889. The lowest BCUT2D eigenvalue weighted by atomic mass is 9.74. The lowest BCUT2D eigenvalue weighted by Gasteiger charge is -2.50. The number of hydrogen-bond donors (Lipinski definition) is 1. The molecule has 2 rings (SSSR count). The summed E-state index contributed by atoms with van der Waals surface area (Å²) in [5.41, 5.74) is -0.358. The Balaban J connectivity index is 1.66. The van der Waals surface area contributed by atoms with Crippen LogP contribution in [0, 0.1) is 0 Å². The van der Waals surface area contributed by atoms with Gasteiger partial charge in [-0.2, -0.15) is 0 Å². The third kappa shape index (κ3) is 4.33. The van der Waals surface area contributed by atoms with E-state index >= 15 is 0 Å². The van der Waals surface area contributed by atoms with Gasteiger partial charge in [0.25, 0.3) is 0 Å². The van der Waals surface area contributed by atoms with Gasteiger partial charge in [-0.25, -0.2) is 0 Å².